The molecule has 0 spiro atoms. The van der Waals surface area contributed by atoms with Gasteiger partial charge in [0.15, 0.2) is 0 Å². The van der Waals surface area contributed by atoms with Crippen LogP contribution in [-0.4, -0.2) is 39.3 Å². The van der Waals surface area contributed by atoms with Crippen molar-refractivity contribution in [3.8, 4) is 0 Å². The molecule has 31 heavy (non-hydrogen) atoms. The van der Waals surface area contributed by atoms with E-state index in [1.165, 1.54) is 6.07 Å². The molecular formula is C24H29FN4O2. The Morgan fingerprint density at radius 1 is 1.23 bits per heavy atom. The second-order valence-corrected chi connectivity index (χ2v) is 8.65. The second-order valence-electron chi connectivity index (χ2n) is 8.65. The summed E-state index contributed by atoms with van der Waals surface area (Å²) in [5.74, 6) is 0.319. The molecule has 2 aromatic rings. The number of likely N-dealkylation sites (tertiary alicyclic amines) is 1. The predicted octanol–water partition coefficient (Wildman–Crippen LogP) is 3.81. The maximum absolute atomic E-state index is 13.4. The number of nitrogens with one attached hydrogen (secondary N) is 1. The third kappa shape index (κ3) is 5.09. The first kappa shape index (κ1) is 21.4. The highest BCUT2D eigenvalue weighted by Gasteiger charge is 2.34. The van der Waals surface area contributed by atoms with Crippen molar-refractivity contribution >= 4 is 11.8 Å². The van der Waals surface area contributed by atoms with E-state index < -0.39 is 0 Å². The predicted molar refractivity (Wildman–Crippen MR) is 115 cm³/mol. The van der Waals surface area contributed by atoms with E-state index in [2.05, 4.69) is 15.3 Å². The number of aryl methyl sites for hydroxylation is 3. The van der Waals surface area contributed by atoms with Gasteiger partial charge in [0.05, 0.1) is 17.3 Å². The average Bonchev–Trinajstić information content (AvgIpc) is 3.41. The molecule has 4 rings (SSSR count). The van der Waals surface area contributed by atoms with E-state index in [0.29, 0.717) is 42.0 Å². The monoisotopic (exact) mass is 424 g/mol. The lowest BCUT2D eigenvalue weighted by atomic mass is 10.0. The first-order valence-electron chi connectivity index (χ1n) is 11.1. The molecule has 2 amide bonds. The molecule has 0 unspecified atom stereocenters. The van der Waals surface area contributed by atoms with Gasteiger partial charge in [0.2, 0.25) is 5.91 Å². The number of hydrogen-bond donors (Lipinski definition) is 1. The van der Waals surface area contributed by atoms with Crippen molar-refractivity contribution in [1.82, 2.24) is 20.2 Å². The fourth-order valence-corrected chi connectivity index (χ4v) is 4.21. The summed E-state index contributed by atoms with van der Waals surface area (Å²) in [5, 5.41) is 3.01. The van der Waals surface area contributed by atoms with Crippen LogP contribution in [0.2, 0.25) is 0 Å². The second kappa shape index (κ2) is 9.12. The normalized spacial score (nSPS) is 18.3. The molecule has 1 saturated carbocycles. The largest absolute Gasteiger partial charge is 0.349 e. The minimum Gasteiger partial charge on any atom is -0.349 e. The number of halogens is 1. The summed E-state index contributed by atoms with van der Waals surface area (Å²) < 4.78 is 13.4. The molecule has 1 aromatic heterocycles. The zero-order valence-electron chi connectivity index (χ0n) is 18.2. The summed E-state index contributed by atoms with van der Waals surface area (Å²) >= 11 is 0. The van der Waals surface area contributed by atoms with Gasteiger partial charge in [-0.15, -0.1) is 0 Å². The van der Waals surface area contributed by atoms with Gasteiger partial charge in [-0.05, 0) is 69.6 Å². The highest BCUT2D eigenvalue weighted by atomic mass is 19.1. The lowest BCUT2D eigenvalue weighted by Crippen LogP contribution is -2.34. The third-order valence-electron chi connectivity index (χ3n) is 6.06. The van der Waals surface area contributed by atoms with Crippen LogP contribution < -0.4 is 5.32 Å². The van der Waals surface area contributed by atoms with Crippen LogP contribution in [0.5, 0.6) is 0 Å². The number of carbonyl (C=O) groups is 2. The summed E-state index contributed by atoms with van der Waals surface area (Å²) in [5.41, 5.74) is 2.80. The smallest absolute Gasteiger partial charge is 0.255 e. The minimum atomic E-state index is -0.207. The maximum atomic E-state index is 13.4. The molecular weight excluding hydrogens is 395 g/mol. The topological polar surface area (TPSA) is 75.2 Å². The Labute approximate surface area is 182 Å². The summed E-state index contributed by atoms with van der Waals surface area (Å²) in [6.07, 6.45) is 7.14. The number of benzene rings is 1. The van der Waals surface area contributed by atoms with E-state index >= 15 is 0 Å². The van der Waals surface area contributed by atoms with Crippen LogP contribution in [0.15, 0.2) is 24.4 Å². The SMILES string of the molecule is Cc1ncc(C(=O)NC2CC2)c([C@H]2CCCN2C(=O)CCCc2ccc(F)c(C)c2)n1. The first-order chi connectivity index (χ1) is 14.9. The van der Waals surface area contributed by atoms with E-state index in [-0.39, 0.29) is 29.7 Å². The highest BCUT2D eigenvalue weighted by Crippen LogP contribution is 2.34. The Balaban J connectivity index is 1.43. The summed E-state index contributed by atoms with van der Waals surface area (Å²) in [6.45, 7) is 4.23. The van der Waals surface area contributed by atoms with Gasteiger partial charge in [-0.25, -0.2) is 14.4 Å². The van der Waals surface area contributed by atoms with Crippen LogP contribution in [0.4, 0.5) is 4.39 Å². The Morgan fingerprint density at radius 2 is 2.03 bits per heavy atom. The Morgan fingerprint density at radius 3 is 2.77 bits per heavy atom. The van der Waals surface area contributed by atoms with E-state index in [1.54, 1.807) is 26.1 Å². The molecule has 164 valence electrons. The molecule has 7 heteroatoms. The van der Waals surface area contributed by atoms with E-state index in [4.69, 9.17) is 0 Å². The van der Waals surface area contributed by atoms with Crippen LogP contribution in [-0.2, 0) is 11.2 Å². The molecule has 1 saturated heterocycles. The van der Waals surface area contributed by atoms with E-state index in [1.807, 2.05) is 11.0 Å². The minimum absolute atomic E-state index is 0.0751. The van der Waals surface area contributed by atoms with Crippen LogP contribution in [0.25, 0.3) is 0 Å². The van der Waals surface area contributed by atoms with Crippen molar-refractivity contribution in [2.45, 2.75) is 70.9 Å². The summed E-state index contributed by atoms with van der Waals surface area (Å²) in [4.78, 5) is 36.4. The van der Waals surface area contributed by atoms with Crippen LogP contribution in [0.3, 0.4) is 0 Å². The lowest BCUT2D eigenvalue weighted by molar-refractivity contribution is -0.132. The van der Waals surface area contributed by atoms with Gasteiger partial charge in [-0.1, -0.05) is 12.1 Å². The van der Waals surface area contributed by atoms with Crippen molar-refractivity contribution in [2.24, 2.45) is 0 Å². The van der Waals surface area contributed by atoms with Crippen molar-refractivity contribution in [2.75, 3.05) is 6.54 Å². The van der Waals surface area contributed by atoms with Gasteiger partial charge in [0.25, 0.3) is 5.91 Å². The molecule has 1 aliphatic carbocycles. The molecule has 0 radical (unpaired) electrons. The van der Waals surface area contributed by atoms with Gasteiger partial charge in [-0.2, -0.15) is 0 Å². The standard InChI is InChI=1S/C24H29FN4O2/c1-15-13-17(8-11-20(15)25)5-3-7-22(30)29-12-4-6-21(29)23-19(14-26-16(2)27-23)24(31)28-18-9-10-18/h8,11,13-14,18,21H,3-7,9-10,12H2,1-2H3,(H,28,31)/t21-/m1/s1. The van der Waals surface area contributed by atoms with Crippen molar-refractivity contribution in [3.63, 3.8) is 0 Å². The number of nitrogens with zero attached hydrogens (tertiary/aromatic N) is 3. The Bertz CT molecular complexity index is 990. The zero-order chi connectivity index (χ0) is 22.0. The first-order valence-corrected chi connectivity index (χ1v) is 11.1. The third-order valence-corrected chi connectivity index (χ3v) is 6.06. The quantitative estimate of drug-likeness (QED) is 0.733. The lowest BCUT2D eigenvalue weighted by Gasteiger charge is -2.26. The molecule has 6 nitrogen and oxygen atoms in total. The van der Waals surface area contributed by atoms with Gasteiger partial charge >= 0.3 is 0 Å². The maximum Gasteiger partial charge on any atom is 0.255 e. The van der Waals surface area contributed by atoms with Gasteiger partial charge in [0, 0.05) is 25.2 Å². The van der Waals surface area contributed by atoms with Crippen LogP contribution >= 0.6 is 0 Å². The molecule has 2 heterocycles. The van der Waals surface area contributed by atoms with E-state index in [9.17, 15) is 14.0 Å². The molecule has 2 fully saturated rings. The van der Waals surface area contributed by atoms with Crippen molar-refractivity contribution < 1.29 is 14.0 Å². The van der Waals surface area contributed by atoms with Gasteiger partial charge in [0.1, 0.15) is 11.6 Å². The van der Waals surface area contributed by atoms with Crippen LogP contribution in [0.1, 0.15) is 77.6 Å². The number of rotatable bonds is 7. The summed E-state index contributed by atoms with van der Waals surface area (Å²) in [7, 11) is 0. The molecule has 1 aliphatic heterocycles. The van der Waals surface area contributed by atoms with Crippen LogP contribution in [0, 0.1) is 19.7 Å². The number of hydrogen-bond acceptors (Lipinski definition) is 4. The number of carbonyl (C=O) groups excluding carboxylic acids is 2. The molecule has 1 N–H and O–H groups in total. The fraction of sp³-hybridized carbons (Fsp3) is 0.500. The Hall–Kier alpha value is -2.83. The highest BCUT2D eigenvalue weighted by molar-refractivity contribution is 5.95. The zero-order valence-corrected chi connectivity index (χ0v) is 18.2. The van der Waals surface area contributed by atoms with Crippen molar-refractivity contribution in [1.29, 1.82) is 0 Å². The van der Waals surface area contributed by atoms with Crippen molar-refractivity contribution in [3.05, 3.63) is 58.4 Å². The number of aromatic nitrogens is 2. The molecule has 0 bridgehead atoms. The number of amides is 2. The average molecular weight is 425 g/mol. The fourth-order valence-electron chi connectivity index (χ4n) is 4.21. The van der Waals surface area contributed by atoms with Gasteiger partial charge < -0.3 is 10.2 Å². The van der Waals surface area contributed by atoms with E-state index in [0.717, 1.165) is 37.7 Å². The molecule has 1 atom stereocenters. The summed E-state index contributed by atoms with van der Waals surface area (Å²) in [6, 6.07) is 5.15. The van der Waals surface area contributed by atoms with Gasteiger partial charge in [-0.3, -0.25) is 9.59 Å². The Kier molecular flexibility index (Phi) is 6.30. The molecule has 1 aromatic carbocycles. The molecule has 2 aliphatic rings.